The van der Waals surface area contributed by atoms with E-state index in [1.165, 1.54) is 13.0 Å². The molecule has 4 heteroatoms. The summed E-state index contributed by atoms with van der Waals surface area (Å²) < 4.78 is 4.89. The normalized spacial score (nSPS) is 23.6. The van der Waals surface area contributed by atoms with E-state index in [0.717, 1.165) is 6.54 Å². The first kappa shape index (κ1) is 11.9. The number of nitrogens with zero attached hydrogens (tertiary/aromatic N) is 1. The van der Waals surface area contributed by atoms with Crippen LogP contribution in [0.5, 0.6) is 0 Å². The molecule has 1 atom stereocenters. The highest BCUT2D eigenvalue weighted by Crippen LogP contribution is 2.11. The molecule has 1 rings (SSSR count). The van der Waals surface area contributed by atoms with Gasteiger partial charge in [-0.1, -0.05) is 0 Å². The van der Waals surface area contributed by atoms with E-state index in [1.807, 2.05) is 0 Å². The lowest BCUT2D eigenvalue weighted by molar-refractivity contribution is -0.0105. The molecule has 0 spiro atoms. The van der Waals surface area contributed by atoms with Crippen molar-refractivity contribution in [2.24, 2.45) is 0 Å². The predicted octanol–water partition coefficient (Wildman–Crippen LogP) is 0.637. The fourth-order valence-electron chi connectivity index (χ4n) is 1.65. The first-order valence-corrected chi connectivity index (χ1v) is 5.34. The van der Waals surface area contributed by atoms with Crippen molar-refractivity contribution in [2.45, 2.75) is 32.4 Å². The molecule has 1 aliphatic heterocycles. The molecule has 0 aromatic carbocycles. The molecule has 0 bridgehead atoms. The molecule has 0 aromatic heterocycles. The van der Waals surface area contributed by atoms with Crippen LogP contribution in [0.3, 0.4) is 0 Å². The van der Waals surface area contributed by atoms with Gasteiger partial charge in [0, 0.05) is 32.3 Å². The zero-order valence-electron chi connectivity index (χ0n) is 9.45. The van der Waals surface area contributed by atoms with Gasteiger partial charge in [0.25, 0.3) is 0 Å². The molecule has 1 unspecified atom stereocenters. The molecule has 1 aliphatic rings. The van der Waals surface area contributed by atoms with Gasteiger partial charge in [-0.25, -0.2) is 0 Å². The van der Waals surface area contributed by atoms with Crippen molar-refractivity contribution in [3.8, 4) is 0 Å². The minimum Gasteiger partial charge on any atom is -0.382 e. The summed E-state index contributed by atoms with van der Waals surface area (Å²) in [5.41, 5.74) is 3.08. The van der Waals surface area contributed by atoms with Crippen molar-refractivity contribution in [1.29, 1.82) is 0 Å². The SMILES string of the molecule is COCCONC1CCN(C(C)C)C1. The zero-order valence-corrected chi connectivity index (χ0v) is 9.45. The second-order valence-electron chi connectivity index (χ2n) is 4.03. The molecule has 0 radical (unpaired) electrons. The molecule has 0 aromatic rings. The van der Waals surface area contributed by atoms with Crippen LogP contribution in [0.1, 0.15) is 20.3 Å². The Morgan fingerprint density at radius 2 is 2.21 bits per heavy atom. The monoisotopic (exact) mass is 202 g/mol. The van der Waals surface area contributed by atoms with Crippen molar-refractivity contribution in [2.75, 3.05) is 33.4 Å². The Labute approximate surface area is 86.5 Å². The summed E-state index contributed by atoms with van der Waals surface area (Å²) >= 11 is 0. The molecule has 1 fully saturated rings. The molecule has 0 aliphatic carbocycles. The Morgan fingerprint density at radius 3 is 2.79 bits per heavy atom. The maximum Gasteiger partial charge on any atom is 0.0916 e. The zero-order chi connectivity index (χ0) is 10.4. The minimum atomic E-state index is 0.481. The van der Waals surface area contributed by atoms with Gasteiger partial charge in [-0.3, -0.25) is 9.74 Å². The summed E-state index contributed by atoms with van der Waals surface area (Å²) in [6.07, 6.45) is 1.17. The fourth-order valence-corrected chi connectivity index (χ4v) is 1.65. The average molecular weight is 202 g/mol. The lowest BCUT2D eigenvalue weighted by Gasteiger charge is -2.20. The number of hydrogen-bond acceptors (Lipinski definition) is 4. The Morgan fingerprint density at radius 1 is 1.43 bits per heavy atom. The second-order valence-corrected chi connectivity index (χ2v) is 4.03. The van der Waals surface area contributed by atoms with Crippen LogP contribution in [0, 0.1) is 0 Å². The standard InChI is InChI=1S/C10H22N2O2/c1-9(2)12-5-4-10(8-12)11-14-7-6-13-3/h9-11H,4-8H2,1-3H3. The maximum atomic E-state index is 5.28. The molecule has 1 N–H and O–H groups in total. The van der Waals surface area contributed by atoms with Gasteiger partial charge in [0.1, 0.15) is 0 Å². The summed E-state index contributed by atoms with van der Waals surface area (Å²) in [5, 5.41) is 0. The van der Waals surface area contributed by atoms with Crippen LogP contribution in [0.15, 0.2) is 0 Å². The van der Waals surface area contributed by atoms with Crippen molar-refractivity contribution < 1.29 is 9.57 Å². The molecular weight excluding hydrogens is 180 g/mol. The first-order chi connectivity index (χ1) is 6.74. The molecule has 84 valence electrons. The van der Waals surface area contributed by atoms with E-state index in [9.17, 15) is 0 Å². The molecule has 1 saturated heterocycles. The summed E-state index contributed by atoms with van der Waals surface area (Å²) in [4.78, 5) is 7.74. The number of methoxy groups -OCH3 is 1. The number of nitrogens with one attached hydrogen (secondary N) is 1. The summed E-state index contributed by atoms with van der Waals surface area (Å²) in [5.74, 6) is 0. The van der Waals surface area contributed by atoms with Gasteiger partial charge in [0.05, 0.1) is 13.2 Å². The van der Waals surface area contributed by atoms with Crippen LogP contribution >= 0.6 is 0 Å². The highest BCUT2D eigenvalue weighted by atomic mass is 16.7. The van der Waals surface area contributed by atoms with E-state index in [2.05, 4.69) is 24.2 Å². The average Bonchev–Trinajstić information content (AvgIpc) is 2.61. The quantitative estimate of drug-likeness (QED) is 0.506. The Balaban J connectivity index is 2.04. The third kappa shape index (κ3) is 3.92. The summed E-state index contributed by atoms with van der Waals surface area (Å²) in [6, 6.07) is 1.12. The molecule has 14 heavy (non-hydrogen) atoms. The van der Waals surface area contributed by atoms with Crippen molar-refractivity contribution in [3.63, 3.8) is 0 Å². The maximum absolute atomic E-state index is 5.28. The van der Waals surface area contributed by atoms with Crippen LogP contribution in [0.2, 0.25) is 0 Å². The second kappa shape index (κ2) is 6.35. The van der Waals surface area contributed by atoms with Crippen LogP contribution in [-0.2, 0) is 9.57 Å². The van der Waals surface area contributed by atoms with Crippen LogP contribution in [0.25, 0.3) is 0 Å². The third-order valence-corrected chi connectivity index (χ3v) is 2.59. The molecule has 1 heterocycles. The minimum absolute atomic E-state index is 0.481. The highest BCUT2D eigenvalue weighted by molar-refractivity contribution is 4.80. The van der Waals surface area contributed by atoms with Gasteiger partial charge in [0.15, 0.2) is 0 Å². The Hall–Kier alpha value is -0.160. The number of hydroxylamine groups is 1. The largest absolute Gasteiger partial charge is 0.382 e. The smallest absolute Gasteiger partial charge is 0.0916 e. The highest BCUT2D eigenvalue weighted by Gasteiger charge is 2.23. The van der Waals surface area contributed by atoms with Crippen molar-refractivity contribution >= 4 is 0 Å². The van der Waals surface area contributed by atoms with Crippen LogP contribution in [0.4, 0.5) is 0 Å². The van der Waals surface area contributed by atoms with Gasteiger partial charge in [-0.05, 0) is 20.3 Å². The molecule has 4 nitrogen and oxygen atoms in total. The lowest BCUT2D eigenvalue weighted by atomic mass is 10.3. The van der Waals surface area contributed by atoms with E-state index < -0.39 is 0 Å². The third-order valence-electron chi connectivity index (χ3n) is 2.59. The lowest BCUT2D eigenvalue weighted by Crippen LogP contribution is -2.35. The van der Waals surface area contributed by atoms with E-state index in [4.69, 9.17) is 9.57 Å². The van der Waals surface area contributed by atoms with E-state index in [1.54, 1.807) is 7.11 Å². The summed E-state index contributed by atoms with van der Waals surface area (Å²) in [7, 11) is 1.68. The Kier molecular flexibility index (Phi) is 5.40. The van der Waals surface area contributed by atoms with Crippen molar-refractivity contribution in [1.82, 2.24) is 10.4 Å². The summed E-state index contributed by atoms with van der Waals surface area (Å²) in [6.45, 7) is 7.98. The number of rotatable bonds is 6. The van der Waals surface area contributed by atoms with E-state index >= 15 is 0 Å². The van der Waals surface area contributed by atoms with E-state index in [0.29, 0.717) is 25.3 Å². The van der Waals surface area contributed by atoms with Crippen molar-refractivity contribution in [3.05, 3.63) is 0 Å². The van der Waals surface area contributed by atoms with Gasteiger partial charge >= 0.3 is 0 Å². The topological polar surface area (TPSA) is 33.7 Å². The van der Waals surface area contributed by atoms with Crippen LogP contribution < -0.4 is 5.48 Å². The van der Waals surface area contributed by atoms with Gasteiger partial charge in [-0.2, -0.15) is 5.48 Å². The number of hydrogen-bond donors (Lipinski definition) is 1. The molecule has 0 amide bonds. The Bertz CT molecular complexity index is 153. The first-order valence-electron chi connectivity index (χ1n) is 5.34. The number of likely N-dealkylation sites (tertiary alicyclic amines) is 1. The van der Waals surface area contributed by atoms with E-state index in [-0.39, 0.29) is 0 Å². The molecular formula is C10H22N2O2. The number of ether oxygens (including phenoxy) is 1. The van der Waals surface area contributed by atoms with Crippen LogP contribution in [-0.4, -0.2) is 50.4 Å². The van der Waals surface area contributed by atoms with Gasteiger partial charge in [0.2, 0.25) is 0 Å². The van der Waals surface area contributed by atoms with Gasteiger partial charge in [-0.15, -0.1) is 0 Å². The predicted molar refractivity (Wildman–Crippen MR) is 56.1 cm³/mol. The van der Waals surface area contributed by atoms with Gasteiger partial charge < -0.3 is 4.74 Å². The fraction of sp³-hybridized carbons (Fsp3) is 1.00. The molecule has 0 saturated carbocycles.